The molecule has 0 saturated carbocycles. The molecule has 0 spiro atoms. The normalized spacial score (nSPS) is 11.1. The third kappa shape index (κ3) is 9.45. The Labute approximate surface area is 228 Å². The van der Waals surface area contributed by atoms with Crippen LogP contribution in [-0.4, -0.2) is 13.2 Å². The minimum Gasteiger partial charge on any atom is -0.494 e. The van der Waals surface area contributed by atoms with Gasteiger partial charge in [-0.3, -0.25) is 0 Å². The van der Waals surface area contributed by atoms with Crippen LogP contribution in [-0.2, 0) is 0 Å². The highest BCUT2D eigenvalue weighted by Crippen LogP contribution is 2.33. The topological polar surface area (TPSA) is 18.5 Å². The highest BCUT2D eigenvalue weighted by Gasteiger charge is 2.16. The number of ether oxygens (including phenoxy) is 2. The zero-order valence-corrected chi connectivity index (χ0v) is 23.2. The molecule has 3 aromatic rings. The number of hydrogen-bond acceptors (Lipinski definition) is 2. The van der Waals surface area contributed by atoms with Gasteiger partial charge in [-0.2, -0.15) is 0 Å². The lowest BCUT2D eigenvalue weighted by Crippen LogP contribution is -1.98. The summed E-state index contributed by atoms with van der Waals surface area (Å²) in [6.07, 6.45) is 14.6. The lowest BCUT2D eigenvalue weighted by Gasteiger charge is -2.11. The number of unbranched alkanes of at least 4 members (excludes halogenated alkanes) is 10. The number of hydrogen-bond donors (Lipinski definition) is 0. The first-order chi connectivity index (χ1) is 18.6. The van der Waals surface area contributed by atoms with E-state index in [1.165, 1.54) is 57.8 Å². The van der Waals surface area contributed by atoms with Crippen LogP contribution in [0.25, 0.3) is 22.3 Å². The van der Waals surface area contributed by atoms with E-state index in [-0.39, 0.29) is 11.1 Å². The summed E-state index contributed by atoms with van der Waals surface area (Å²) in [7, 11) is 0. The van der Waals surface area contributed by atoms with Crippen molar-refractivity contribution < 1.29 is 18.3 Å². The van der Waals surface area contributed by atoms with Crippen LogP contribution in [0.5, 0.6) is 11.5 Å². The number of halogens is 2. The lowest BCUT2D eigenvalue weighted by molar-refractivity contribution is 0.304. The quantitative estimate of drug-likeness (QED) is 0.155. The van der Waals surface area contributed by atoms with Gasteiger partial charge in [0.1, 0.15) is 11.5 Å². The Morgan fingerprint density at radius 2 is 0.789 bits per heavy atom. The molecular weight excluding hydrogens is 478 g/mol. The molecule has 38 heavy (non-hydrogen) atoms. The highest BCUT2D eigenvalue weighted by molar-refractivity contribution is 5.72. The van der Waals surface area contributed by atoms with Crippen molar-refractivity contribution in [3.63, 3.8) is 0 Å². The van der Waals surface area contributed by atoms with Crippen molar-refractivity contribution in [1.29, 1.82) is 0 Å². The Kier molecular flexibility index (Phi) is 13.2. The van der Waals surface area contributed by atoms with E-state index in [1.54, 1.807) is 36.4 Å². The molecule has 0 aliphatic rings. The van der Waals surface area contributed by atoms with Gasteiger partial charge in [-0.1, -0.05) is 114 Å². The Morgan fingerprint density at radius 1 is 0.447 bits per heavy atom. The average Bonchev–Trinajstić information content (AvgIpc) is 2.94. The van der Waals surface area contributed by atoms with Crippen molar-refractivity contribution in [2.24, 2.45) is 0 Å². The SMILES string of the molecule is CCCCCCCCCOc1ccc(-c2ccc(-c3ccc(OCCCCCCC)cc3)c(F)c2F)cc1. The maximum atomic E-state index is 15.1. The van der Waals surface area contributed by atoms with E-state index in [0.29, 0.717) is 24.3 Å². The zero-order chi connectivity index (χ0) is 27.0. The van der Waals surface area contributed by atoms with Crippen molar-refractivity contribution in [1.82, 2.24) is 0 Å². The molecule has 4 heteroatoms. The fourth-order valence-corrected chi connectivity index (χ4v) is 4.60. The monoisotopic (exact) mass is 522 g/mol. The van der Waals surface area contributed by atoms with Gasteiger partial charge in [0.15, 0.2) is 11.6 Å². The molecule has 0 saturated heterocycles. The first-order valence-electron chi connectivity index (χ1n) is 14.6. The van der Waals surface area contributed by atoms with E-state index in [0.717, 1.165) is 30.8 Å². The van der Waals surface area contributed by atoms with E-state index in [1.807, 2.05) is 24.3 Å². The first kappa shape index (κ1) is 29.7. The van der Waals surface area contributed by atoms with Crippen molar-refractivity contribution in [2.75, 3.05) is 13.2 Å². The number of rotatable bonds is 18. The van der Waals surface area contributed by atoms with Gasteiger partial charge in [0, 0.05) is 11.1 Å². The zero-order valence-electron chi connectivity index (χ0n) is 23.2. The molecule has 0 heterocycles. The molecule has 3 aromatic carbocycles. The molecule has 0 aromatic heterocycles. The summed E-state index contributed by atoms with van der Waals surface area (Å²) in [6, 6.07) is 17.7. The van der Waals surface area contributed by atoms with Crippen LogP contribution in [0.4, 0.5) is 8.78 Å². The second-order valence-corrected chi connectivity index (χ2v) is 10.1. The first-order valence-corrected chi connectivity index (χ1v) is 14.6. The summed E-state index contributed by atoms with van der Waals surface area (Å²) in [6.45, 7) is 5.77. The molecule has 0 fully saturated rings. The minimum absolute atomic E-state index is 0.243. The van der Waals surface area contributed by atoms with E-state index in [2.05, 4.69) is 13.8 Å². The molecule has 0 aliphatic heterocycles. The Hall–Kier alpha value is -2.88. The Morgan fingerprint density at radius 3 is 1.16 bits per heavy atom. The van der Waals surface area contributed by atoms with Gasteiger partial charge in [0.05, 0.1) is 13.2 Å². The smallest absolute Gasteiger partial charge is 0.167 e. The van der Waals surface area contributed by atoms with Crippen LogP contribution in [0.15, 0.2) is 60.7 Å². The van der Waals surface area contributed by atoms with Gasteiger partial charge < -0.3 is 9.47 Å². The second kappa shape index (κ2) is 16.9. The predicted octanol–water partition coefficient (Wildman–Crippen LogP) is 10.8. The van der Waals surface area contributed by atoms with Crippen LogP contribution in [0, 0.1) is 11.6 Å². The summed E-state index contributed by atoms with van der Waals surface area (Å²) < 4.78 is 41.8. The highest BCUT2D eigenvalue weighted by atomic mass is 19.2. The van der Waals surface area contributed by atoms with Gasteiger partial charge in [-0.15, -0.1) is 0 Å². The van der Waals surface area contributed by atoms with E-state index in [9.17, 15) is 0 Å². The summed E-state index contributed by atoms with van der Waals surface area (Å²) in [4.78, 5) is 0. The fraction of sp³-hybridized carbons (Fsp3) is 0.471. The standard InChI is InChI=1S/C34H44F2O2/c1-3-5-7-9-10-12-14-26-38-30-21-17-28(18-22-30)32-24-23-31(33(35)34(32)36)27-15-19-29(20-16-27)37-25-13-11-8-6-4-2/h15-24H,3-14,25-26H2,1-2H3. The van der Waals surface area contributed by atoms with Crippen molar-refractivity contribution in [3.8, 4) is 33.8 Å². The molecule has 3 rings (SSSR count). The van der Waals surface area contributed by atoms with E-state index >= 15 is 8.78 Å². The molecule has 0 radical (unpaired) electrons. The Bertz CT molecular complexity index is 1060. The van der Waals surface area contributed by atoms with E-state index in [4.69, 9.17) is 9.47 Å². The van der Waals surface area contributed by atoms with Crippen LogP contribution >= 0.6 is 0 Å². The molecule has 0 unspecified atom stereocenters. The summed E-state index contributed by atoms with van der Waals surface area (Å²) in [5.41, 5.74) is 1.73. The van der Waals surface area contributed by atoms with E-state index < -0.39 is 11.6 Å². The molecule has 0 N–H and O–H groups in total. The fourth-order valence-electron chi connectivity index (χ4n) is 4.60. The largest absolute Gasteiger partial charge is 0.494 e. The predicted molar refractivity (Wildman–Crippen MR) is 155 cm³/mol. The maximum absolute atomic E-state index is 15.1. The molecular formula is C34H44F2O2. The molecule has 2 nitrogen and oxygen atoms in total. The average molecular weight is 523 g/mol. The molecule has 0 aliphatic carbocycles. The van der Waals surface area contributed by atoms with Crippen molar-refractivity contribution >= 4 is 0 Å². The molecule has 0 bridgehead atoms. The lowest BCUT2D eigenvalue weighted by atomic mass is 9.98. The van der Waals surface area contributed by atoms with Gasteiger partial charge in [-0.25, -0.2) is 8.78 Å². The summed E-state index contributed by atoms with van der Waals surface area (Å²) >= 11 is 0. The molecule has 0 atom stereocenters. The van der Waals surface area contributed by atoms with Crippen LogP contribution in [0.2, 0.25) is 0 Å². The van der Waals surface area contributed by atoms with Gasteiger partial charge in [0.2, 0.25) is 0 Å². The third-order valence-electron chi connectivity index (χ3n) is 6.95. The van der Waals surface area contributed by atoms with Crippen LogP contribution in [0.1, 0.15) is 90.9 Å². The maximum Gasteiger partial charge on any atom is 0.167 e. The molecule has 0 amide bonds. The second-order valence-electron chi connectivity index (χ2n) is 10.1. The third-order valence-corrected chi connectivity index (χ3v) is 6.95. The van der Waals surface area contributed by atoms with Crippen LogP contribution < -0.4 is 9.47 Å². The van der Waals surface area contributed by atoms with Gasteiger partial charge in [0.25, 0.3) is 0 Å². The number of benzene rings is 3. The van der Waals surface area contributed by atoms with Crippen molar-refractivity contribution in [3.05, 3.63) is 72.3 Å². The van der Waals surface area contributed by atoms with Gasteiger partial charge in [-0.05, 0) is 48.2 Å². The summed E-state index contributed by atoms with van der Waals surface area (Å²) in [5, 5.41) is 0. The Balaban J connectivity index is 1.52. The van der Waals surface area contributed by atoms with Crippen LogP contribution in [0.3, 0.4) is 0 Å². The minimum atomic E-state index is -0.841. The van der Waals surface area contributed by atoms with Gasteiger partial charge >= 0.3 is 0 Å². The van der Waals surface area contributed by atoms with Crippen molar-refractivity contribution in [2.45, 2.75) is 90.9 Å². The molecule has 206 valence electrons. The summed E-state index contributed by atoms with van der Waals surface area (Å²) in [5.74, 6) is -0.186.